The monoisotopic (exact) mass is 426 g/mol. The normalized spacial score (nSPS) is 13.8. The van der Waals surface area contributed by atoms with E-state index < -0.39 is 0 Å². The number of rotatable bonds is 7. The third kappa shape index (κ3) is 4.73. The fourth-order valence-corrected chi connectivity index (χ4v) is 3.71. The number of aromatic nitrogens is 3. The largest absolute Gasteiger partial charge is 0.486 e. The molecule has 30 heavy (non-hydrogen) atoms. The predicted molar refractivity (Wildman–Crippen MR) is 111 cm³/mol. The molecule has 1 aliphatic rings. The molecule has 1 atom stereocenters. The van der Waals surface area contributed by atoms with Crippen LogP contribution in [0, 0.1) is 5.92 Å². The van der Waals surface area contributed by atoms with Gasteiger partial charge in [-0.1, -0.05) is 19.0 Å². The Morgan fingerprint density at radius 3 is 2.67 bits per heavy atom. The van der Waals surface area contributed by atoms with E-state index in [1.54, 1.807) is 12.4 Å². The van der Waals surface area contributed by atoms with Gasteiger partial charge in [-0.05, 0) is 36.2 Å². The molecule has 8 nitrogen and oxygen atoms in total. The third-order valence-corrected chi connectivity index (χ3v) is 5.51. The number of pyridine rings is 1. The van der Waals surface area contributed by atoms with Crippen molar-refractivity contribution in [2.75, 3.05) is 19.0 Å². The number of fused-ring (bicyclic) bond motifs is 1. The van der Waals surface area contributed by atoms with Crippen LogP contribution in [0.3, 0.4) is 0 Å². The van der Waals surface area contributed by atoms with Crippen LogP contribution < -0.4 is 14.8 Å². The van der Waals surface area contributed by atoms with Crippen LogP contribution in [0.15, 0.2) is 52.1 Å². The van der Waals surface area contributed by atoms with Gasteiger partial charge in [0.25, 0.3) is 0 Å². The van der Waals surface area contributed by atoms with Crippen LogP contribution in [-0.2, 0) is 4.79 Å². The first-order valence-corrected chi connectivity index (χ1v) is 10.6. The first-order valence-electron chi connectivity index (χ1n) is 9.66. The molecule has 0 saturated carbocycles. The van der Waals surface area contributed by atoms with Crippen molar-refractivity contribution in [1.82, 2.24) is 20.4 Å². The van der Waals surface area contributed by atoms with E-state index in [0.717, 1.165) is 16.2 Å². The molecule has 1 amide bonds. The zero-order valence-electron chi connectivity index (χ0n) is 16.7. The van der Waals surface area contributed by atoms with Gasteiger partial charge in [0.1, 0.15) is 19.3 Å². The van der Waals surface area contributed by atoms with Gasteiger partial charge in [-0.2, -0.15) is 4.98 Å². The van der Waals surface area contributed by atoms with Crippen molar-refractivity contribution in [1.29, 1.82) is 0 Å². The van der Waals surface area contributed by atoms with Crippen molar-refractivity contribution >= 4 is 17.7 Å². The van der Waals surface area contributed by atoms with Gasteiger partial charge in [-0.15, -0.1) is 11.8 Å². The lowest BCUT2D eigenvalue weighted by molar-refractivity contribution is -0.119. The smallest absolute Gasteiger partial charge is 0.249 e. The van der Waals surface area contributed by atoms with Crippen molar-refractivity contribution in [3.05, 3.63) is 48.6 Å². The summed E-state index contributed by atoms with van der Waals surface area (Å²) in [4.78, 5) is 22.0. The summed E-state index contributed by atoms with van der Waals surface area (Å²) >= 11 is 1.43. The minimum atomic E-state index is -0.374. The van der Waals surface area contributed by atoms with Crippen LogP contribution in [0.25, 0.3) is 11.4 Å². The van der Waals surface area contributed by atoms with Gasteiger partial charge >= 0.3 is 0 Å². The number of carbonyl (C=O) groups excluding carboxylic acids is 1. The van der Waals surface area contributed by atoms with Crippen molar-refractivity contribution in [2.45, 2.75) is 24.8 Å². The molecule has 0 aliphatic carbocycles. The summed E-state index contributed by atoms with van der Waals surface area (Å²) in [6.07, 6.45) is 3.34. The summed E-state index contributed by atoms with van der Waals surface area (Å²) in [5, 5.41) is 7.04. The number of carbonyl (C=O) groups is 1. The predicted octanol–water partition coefficient (Wildman–Crippen LogP) is 3.51. The summed E-state index contributed by atoms with van der Waals surface area (Å²) in [7, 11) is 0. The fraction of sp³-hybridized carbons (Fsp3) is 0.333. The van der Waals surface area contributed by atoms with E-state index in [2.05, 4.69) is 20.4 Å². The maximum absolute atomic E-state index is 12.6. The van der Waals surface area contributed by atoms with Gasteiger partial charge in [0.05, 0.1) is 5.75 Å². The second kappa shape index (κ2) is 9.17. The zero-order chi connectivity index (χ0) is 20.9. The average Bonchev–Trinajstić information content (AvgIpc) is 3.26. The lowest BCUT2D eigenvalue weighted by Gasteiger charge is -2.19. The van der Waals surface area contributed by atoms with Crippen LogP contribution in [0.1, 0.15) is 25.8 Å². The SMILES string of the molecule is CC(C)C(NC(=O)CSc1ccc2c(c1)OCCO2)c1nc(-c2ccncc2)no1. The van der Waals surface area contributed by atoms with Crippen molar-refractivity contribution in [2.24, 2.45) is 5.92 Å². The van der Waals surface area contributed by atoms with Crippen LogP contribution >= 0.6 is 11.8 Å². The molecule has 3 aromatic rings. The Morgan fingerprint density at radius 2 is 1.90 bits per heavy atom. The Balaban J connectivity index is 1.39. The van der Waals surface area contributed by atoms with Crippen molar-refractivity contribution < 1.29 is 18.8 Å². The third-order valence-electron chi connectivity index (χ3n) is 4.51. The number of benzene rings is 1. The summed E-state index contributed by atoms with van der Waals surface area (Å²) in [5.41, 5.74) is 0.808. The highest BCUT2D eigenvalue weighted by molar-refractivity contribution is 8.00. The summed E-state index contributed by atoms with van der Waals surface area (Å²) in [6, 6.07) is 8.92. The molecule has 2 aromatic heterocycles. The van der Waals surface area contributed by atoms with E-state index >= 15 is 0 Å². The van der Waals surface area contributed by atoms with E-state index in [4.69, 9.17) is 14.0 Å². The van der Waals surface area contributed by atoms with E-state index in [1.165, 1.54) is 11.8 Å². The molecule has 1 aromatic carbocycles. The Morgan fingerprint density at radius 1 is 1.13 bits per heavy atom. The van der Waals surface area contributed by atoms with Crippen LogP contribution in [0.2, 0.25) is 0 Å². The number of nitrogens with one attached hydrogen (secondary N) is 1. The van der Waals surface area contributed by atoms with Gasteiger partial charge < -0.3 is 19.3 Å². The molecule has 3 heterocycles. The minimum absolute atomic E-state index is 0.0824. The summed E-state index contributed by atoms with van der Waals surface area (Å²) < 4.78 is 16.6. The number of nitrogens with zero attached hydrogens (tertiary/aromatic N) is 3. The summed E-state index contributed by atoms with van der Waals surface area (Å²) in [5.74, 6) is 2.52. The topological polar surface area (TPSA) is 99.4 Å². The standard InChI is InChI=1S/C21H22N4O4S/c1-13(2)19(21-24-20(25-29-21)14-5-7-22-8-6-14)23-18(26)12-30-15-3-4-16-17(11-15)28-10-9-27-16/h3-8,11,13,19H,9-10,12H2,1-2H3,(H,23,26). The highest BCUT2D eigenvalue weighted by Gasteiger charge is 2.25. The molecule has 1 N–H and O–H groups in total. The zero-order valence-corrected chi connectivity index (χ0v) is 17.5. The first kappa shape index (κ1) is 20.2. The van der Waals surface area contributed by atoms with Crippen molar-refractivity contribution in [3.8, 4) is 22.9 Å². The number of amides is 1. The molecule has 4 rings (SSSR count). The highest BCUT2D eigenvalue weighted by Crippen LogP contribution is 2.34. The number of thioether (sulfide) groups is 1. The lowest BCUT2D eigenvalue weighted by Crippen LogP contribution is -2.33. The second-order valence-corrected chi connectivity index (χ2v) is 8.12. The van der Waals surface area contributed by atoms with Gasteiger partial charge in [0.2, 0.25) is 17.6 Å². The van der Waals surface area contributed by atoms with Gasteiger partial charge in [-0.25, -0.2) is 0 Å². The van der Waals surface area contributed by atoms with E-state index in [0.29, 0.717) is 30.7 Å². The molecule has 0 saturated heterocycles. The molecule has 9 heteroatoms. The highest BCUT2D eigenvalue weighted by atomic mass is 32.2. The molecule has 0 radical (unpaired) electrons. The second-order valence-electron chi connectivity index (χ2n) is 7.08. The summed E-state index contributed by atoms with van der Waals surface area (Å²) in [6.45, 7) is 5.07. The molecular weight excluding hydrogens is 404 g/mol. The quantitative estimate of drug-likeness (QED) is 0.573. The van der Waals surface area contributed by atoms with Crippen LogP contribution in [0.4, 0.5) is 0 Å². The van der Waals surface area contributed by atoms with Crippen LogP contribution in [0.5, 0.6) is 11.5 Å². The maximum Gasteiger partial charge on any atom is 0.249 e. The molecule has 1 aliphatic heterocycles. The minimum Gasteiger partial charge on any atom is -0.486 e. The van der Waals surface area contributed by atoms with Gasteiger partial charge in [0.15, 0.2) is 11.5 Å². The van der Waals surface area contributed by atoms with Crippen molar-refractivity contribution in [3.63, 3.8) is 0 Å². The van der Waals surface area contributed by atoms with E-state index in [1.807, 2.05) is 44.2 Å². The Bertz CT molecular complexity index is 1010. The lowest BCUT2D eigenvalue weighted by atomic mass is 10.0. The molecule has 0 spiro atoms. The molecular formula is C21H22N4O4S. The molecule has 156 valence electrons. The first-order chi connectivity index (χ1) is 14.6. The molecule has 1 unspecified atom stereocenters. The Kier molecular flexibility index (Phi) is 6.18. The van der Waals surface area contributed by atoms with Gasteiger partial charge in [0, 0.05) is 22.9 Å². The number of hydrogen-bond donors (Lipinski definition) is 1. The van der Waals surface area contributed by atoms with E-state index in [9.17, 15) is 4.79 Å². The van der Waals surface area contributed by atoms with Crippen LogP contribution in [-0.4, -0.2) is 40.0 Å². The Hall–Kier alpha value is -3.07. The van der Waals surface area contributed by atoms with E-state index in [-0.39, 0.29) is 23.6 Å². The average molecular weight is 426 g/mol. The fourth-order valence-electron chi connectivity index (χ4n) is 2.97. The number of hydrogen-bond acceptors (Lipinski definition) is 8. The molecule has 0 fully saturated rings. The number of ether oxygens (including phenoxy) is 2. The van der Waals surface area contributed by atoms with Gasteiger partial charge in [-0.3, -0.25) is 9.78 Å². The maximum atomic E-state index is 12.6. The Labute approximate surface area is 178 Å². The molecule has 0 bridgehead atoms.